The Kier molecular flexibility index (Phi) is 3.57. The third-order valence-corrected chi connectivity index (χ3v) is 5.22. The van der Waals surface area contributed by atoms with Gasteiger partial charge in [-0.2, -0.15) is 0 Å². The molecule has 0 spiro atoms. The Bertz CT molecular complexity index is 554. The lowest BCUT2D eigenvalue weighted by molar-refractivity contribution is 0.113. The normalized spacial score (nSPS) is 23.9. The monoisotopic (exact) mass is 281 g/mol. The van der Waals surface area contributed by atoms with Crippen molar-refractivity contribution in [3.63, 3.8) is 0 Å². The van der Waals surface area contributed by atoms with Crippen molar-refractivity contribution < 1.29 is 4.74 Å². The first-order chi connectivity index (χ1) is 8.75. The molecule has 0 radical (unpaired) electrons. The Morgan fingerprint density at radius 2 is 2.28 bits per heavy atom. The van der Waals surface area contributed by atoms with Crippen molar-refractivity contribution in [1.82, 2.24) is 5.32 Å². The van der Waals surface area contributed by atoms with Gasteiger partial charge in [0.15, 0.2) is 0 Å². The van der Waals surface area contributed by atoms with E-state index < -0.39 is 0 Å². The molecule has 18 heavy (non-hydrogen) atoms. The largest absolute Gasteiger partial charge is 0.377 e. The second kappa shape index (κ2) is 5.17. The van der Waals surface area contributed by atoms with Gasteiger partial charge in [0.2, 0.25) is 0 Å². The summed E-state index contributed by atoms with van der Waals surface area (Å²) in [4.78, 5) is 1.22. The molecule has 2 heterocycles. The van der Waals surface area contributed by atoms with Crippen LogP contribution in [-0.2, 0) is 11.3 Å². The van der Waals surface area contributed by atoms with Crippen LogP contribution in [0.3, 0.4) is 0 Å². The van der Waals surface area contributed by atoms with E-state index in [-0.39, 0.29) is 0 Å². The fourth-order valence-corrected chi connectivity index (χ4v) is 3.85. The van der Waals surface area contributed by atoms with E-state index in [4.69, 9.17) is 16.3 Å². The number of nitrogens with one attached hydrogen (secondary N) is 1. The van der Waals surface area contributed by atoms with E-state index in [9.17, 15) is 0 Å². The molecular weight excluding hydrogens is 266 g/mol. The molecule has 1 aromatic heterocycles. The Balaban J connectivity index is 1.76. The third kappa shape index (κ3) is 2.28. The van der Waals surface area contributed by atoms with Crippen LogP contribution < -0.4 is 5.32 Å². The summed E-state index contributed by atoms with van der Waals surface area (Å²) in [5.41, 5.74) is 0. The molecule has 0 aliphatic carbocycles. The Labute approximate surface area is 116 Å². The molecule has 4 heteroatoms. The van der Waals surface area contributed by atoms with Gasteiger partial charge < -0.3 is 10.1 Å². The molecule has 1 saturated heterocycles. The first kappa shape index (κ1) is 12.4. The van der Waals surface area contributed by atoms with Gasteiger partial charge in [-0.05, 0) is 19.4 Å². The third-order valence-electron chi connectivity index (χ3n) is 3.50. The summed E-state index contributed by atoms with van der Waals surface area (Å²) in [6, 6.07) is 8.74. The molecule has 96 valence electrons. The lowest BCUT2D eigenvalue weighted by atomic mass is 10.1. The molecule has 2 aromatic rings. The van der Waals surface area contributed by atoms with Crippen molar-refractivity contribution in [2.24, 2.45) is 0 Å². The smallest absolute Gasteiger partial charge is 0.0700 e. The summed E-state index contributed by atoms with van der Waals surface area (Å²) >= 11 is 8.19. The number of ether oxygens (including phenoxy) is 1. The van der Waals surface area contributed by atoms with Crippen LogP contribution in [0.4, 0.5) is 0 Å². The summed E-state index contributed by atoms with van der Waals surface area (Å²) in [5.74, 6) is 0. The molecule has 1 fully saturated rings. The van der Waals surface area contributed by atoms with E-state index in [1.165, 1.54) is 9.58 Å². The zero-order chi connectivity index (χ0) is 12.5. The number of benzene rings is 1. The molecule has 2 atom stereocenters. The highest BCUT2D eigenvalue weighted by atomic mass is 35.5. The first-order valence-electron chi connectivity index (χ1n) is 6.26. The van der Waals surface area contributed by atoms with Crippen LogP contribution in [0.5, 0.6) is 0 Å². The van der Waals surface area contributed by atoms with Crippen molar-refractivity contribution >= 4 is 33.0 Å². The van der Waals surface area contributed by atoms with Crippen LogP contribution in [0.25, 0.3) is 10.1 Å². The Morgan fingerprint density at radius 3 is 3.00 bits per heavy atom. The average molecular weight is 282 g/mol. The number of halogens is 1. The van der Waals surface area contributed by atoms with E-state index in [2.05, 4.69) is 30.4 Å². The van der Waals surface area contributed by atoms with Gasteiger partial charge >= 0.3 is 0 Å². The fraction of sp³-hybridized carbons (Fsp3) is 0.429. The number of fused-ring (bicyclic) bond motifs is 1. The second-order valence-corrected chi connectivity index (χ2v) is 6.20. The van der Waals surface area contributed by atoms with Crippen LogP contribution in [0.2, 0.25) is 5.02 Å². The predicted molar refractivity (Wildman–Crippen MR) is 77.5 cm³/mol. The van der Waals surface area contributed by atoms with Gasteiger partial charge in [-0.25, -0.2) is 0 Å². The van der Waals surface area contributed by atoms with Crippen molar-refractivity contribution in [3.05, 3.63) is 34.2 Å². The van der Waals surface area contributed by atoms with Crippen molar-refractivity contribution in [2.75, 3.05) is 6.61 Å². The van der Waals surface area contributed by atoms with Gasteiger partial charge in [-0.3, -0.25) is 0 Å². The van der Waals surface area contributed by atoms with E-state index in [0.717, 1.165) is 30.0 Å². The maximum Gasteiger partial charge on any atom is 0.0700 e. The highest BCUT2D eigenvalue weighted by Gasteiger charge is 2.23. The number of hydrogen-bond acceptors (Lipinski definition) is 3. The summed E-state index contributed by atoms with van der Waals surface area (Å²) in [7, 11) is 0. The minimum Gasteiger partial charge on any atom is -0.377 e. The summed E-state index contributed by atoms with van der Waals surface area (Å²) in [6.45, 7) is 3.81. The standard InChI is InChI=1S/C14H16ClNOS/c1-9-11(6-7-17-9)16-8-13-14(15)10-4-2-3-5-12(10)18-13/h2-5,9,11,16H,6-8H2,1H3. The van der Waals surface area contributed by atoms with Gasteiger partial charge in [0.1, 0.15) is 0 Å². The molecule has 0 saturated carbocycles. The topological polar surface area (TPSA) is 21.3 Å². The second-order valence-electron chi connectivity index (χ2n) is 4.69. The van der Waals surface area contributed by atoms with Gasteiger partial charge in [0.05, 0.1) is 11.1 Å². The first-order valence-corrected chi connectivity index (χ1v) is 7.46. The zero-order valence-electron chi connectivity index (χ0n) is 10.3. The zero-order valence-corrected chi connectivity index (χ0v) is 11.9. The quantitative estimate of drug-likeness (QED) is 0.923. The predicted octanol–water partition coefficient (Wildman–Crippen LogP) is 3.82. The van der Waals surface area contributed by atoms with Crippen LogP contribution in [-0.4, -0.2) is 18.8 Å². The SMILES string of the molecule is CC1OCCC1NCc1sc2ccccc2c1Cl. The van der Waals surface area contributed by atoms with Crippen LogP contribution in [0, 0.1) is 0 Å². The maximum atomic E-state index is 6.42. The molecule has 1 aromatic carbocycles. The maximum absolute atomic E-state index is 6.42. The molecule has 3 rings (SSSR count). The highest BCUT2D eigenvalue weighted by Crippen LogP contribution is 2.35. The minimum absolute atomic E-state index is 0.304. The molecule has 1 aliphatic heterocycles. The molecule has 2 nitrogen and oxygen atoms in total. The Morgan fingerprint density at radius 1 is 1.44 bits per heavy atom. The lowest BCUT2D eigenvalue weighted by Gasteiger charge is -2.15. The summed E-state index contributed by atoms with van der Waals surface area (Å²) in [5, 5.41) is 5.61. The molecular formula is C14H16ClNOS. The van der Waals surface area contributed by atoms with E-state index in [1.54, 1.807) is 11.3 Å². The van der Waals surface area contributed by atoms with Crippen molar-refractivity contribution in [2.45, 2.75) is 32.0 Å². The van der Waals surface area contributed by atoms with E-state index in [0.29, 0.717) is 12.1 Å². The van der Waals surface area contributed by atoms with Gasteiger partial charge in [0, 0.05) is 34.2 Å². The minimum atomic E-state index is 0.304. The van der Waals surface area contributed by atoms with E-state index in [1.807, 2.05) is 6.07 Å². The average Bonchev–Trinajstić information content (AvgIpc) is 2.92. The van der Waals surface area contributed by atoms with Gasteiger partial charge in [0.25, 0.3) is 0 Å². The Hall–Kier alpha value is -0.610. The molecule has 0 amide bonds. The lowest BCUT2D eigenvalue weighted by Crippen LogP contribution is -2.33. The van der Waals surface area contributed by atoms with Crippen molar-refractivity contribution in [1.29, 1.82) is 0 Å². The van der Waals surface area contributed by atoms with Crippen LogP contribution >= 0.6 is 22.9 Å². The summed E-state index contributed by atoms with van der Waals surface area (Å²) < 4.78 is 6.81. The fourth-order valence-electron chi connectivity index (χ4n) is 2.40. The van der Waals surface area contributed by atoms with Crippen LogP contribution in [0.15, 0.2) is 24.3 Å². The molecule has 2 unspecified atom stereocenters. The summed E-state index contributed by atoms with van der Waals surface area (Å²) in [6.07, 6.45) is 1.39. The number of rotatable bonds is 3. The molecule has 1 aliphatic rings. The van der Waals surface area contributed by atoms with Crippen LogP contribution in [0.1, 0.15) is 18.2 Å². The molecule has 1 N–H and O–H groups in total. The highest BCUT2D eigenvalue weighted by molar-refractivity contribution is 7.19. The molecule has 0 bridgehead atoms. The number of thiophene rings is 1. The van der Waals surface area contributed by atoms with Gasteiger partial charge in [-0.1, -0.05) is 29.8 Å². The van der Waals surface area contributed by atoms with Crippen molar-refractivity contribution in [3.8, 4) is 0 Å². The van der Waals surface area contributed by atoms with Gasteiger partial charge in [-0.15, -0.1) is 11.3 Å². The number of hydrogen-bond donors (Lipinski definition) is 1. The van der Waals surface area contributed by atoms with E-state index >= 15 is 0 Å².